The van der Waals surface area contributed by atoms with Gasteiger partial charge in [0.25, 0.3) is 5.91 Å². The lowest BCUT2D eigenvalue weighted by Gasteiger charge is -2.35. The fourth-order valence-electron chi connectivity index (χ4n) is 3.05. The Kier molecular flexibility index (Phi) is 6.34. The van der Waals surface area contributed by atoms with E-state index in [4.69, 9.17) is 9.15 Å². The van der Waals surface area contributed by atoms with Gasteiger partial charge in [0.05, 0.1) is 19.3 Å². The number of furan rings is 1. The van der Waals surface area contributed by atoms with Crippen LogP contribution in [0.15, 0.2) is 45.5 Å². The first-order chi connectivity index (χ1) is 12.5. The molecule has 26 heavy (non-hydrogen) atoms. The maximum atomic E-state index is 12.3. The topological polar surface area (TPSA) is 58.0 Å². The van der Waals surface area contributed by atoms with Crippen molar-refractivity contribution in [3.05, 3.63) is 52.4 Å². The molecule has 140 valence electrons. The standard InChI is InChI=1S/C19H24BrN3O3/c1-22(2)15-5-3-14(4-6-15)16(23-9-11-25-12-10-23)13-21-19(24)17-7-8-18(20)26-17/h3-8,16H,9-13H2,1-2H3,(H,21,24)/t16-/m1/s1. The van der Waals surface area contributed by atoms with E-state index >= 15 is 0 Å². The Morgan fingerprint density at radius 3 is 2.46 bits per heavy atom. The summed E-state index contributed by atoms with van der Waals surface area (Å²) in [6, 6.07) is 11.9. The number of rotatable bonds is 6. The quantitative estimate of drug-likeness (QED) is 0.776. The van der Waals surface area contributed by atoms with Gasteiger partial charge in [-0.1, -0.05) is 12.1 Å². The van der Waals surface area contributed by atoms with Crippen molar-refractivity contribution in [3.63, 3.8) is 0 Å². The Morgan fingerprint density at radius 2 is 1.88 bits per heavy atom. The van der Waals surface area contributed by atoms with Crippen molar-refractivity contribution in [2.75, 3.05) is 51.8 Å². The lowest BCUT2D eigenvalue weighted by molar-refractivity contribution is 0.0161. The van der Waals surface area contributed by atoms with Crippen LogP contribution in [0, 0.1) is 0 Å². The molecule has 1 fully saturated rings. The summed E-state index contributed by atoms with van der Waals surface area (Å²) in [7, 11) is 4.05. The van der Waals surface area contributed by atoms with E-state index in [0.29, 0.717) is 30.2 Å². The fourth-order valence-corrected chi connectivity index (χ4v) is 3.36. The highest BCUT2D eigenvalue weighted by molar-refractivity contribution is 9.10. The predicted octanol–water partition coefficient (Wildman–Crippen LogP) is 2.91. The highest BCUT2D eigenvalue weighted by Gasteiger charge is 2.24. The molecule has 6 nitrogen and oxygen atoms in total. The van der Waals surface area contributed by atoms with Gasteiger partial charge in [-0.3, -0.25) is 9.69 Å². The second-order valence-corrected chi connectivity index (χ2v) is 7.25. The Hall–Kier alpha value is -1.83. The third-order valence-electron chi connectivity index (χ3n) is 4.53. The smallest absolute Gasteiger partial charge is 0.287 e. The molecule has 0 bridgehead atoms. The third-order valence-corrected chi connectivity index (χ3v) is 4.96. The van der Waals surface area contributed by atoms with Crippen molar-refractivity contribution >= 4 is 27.5 Å². The van der Waals surface area contributed by atoms with Gasteiger partial charge in [-0.25, -0.2) is 0 Å². The molecule has 1 aliphatic rings. The SMILES string of the molecule is CN(C)c1ccc([C@@H](CNC(=O)c2ccc(Br)o2)N2CCOCC2)cc1. The van der Waals surface area contributed by atoms with Crippen molar-refractivity contribution in [2.45, 2.75) is 6.04 Å². The minimum Gasteiger partial charge on any atom is -0.444 e. The van der Waals surface area contributed by atoms with E-state index in [1.165, 1.54) is 5.56 Å². The fraction of sp³-hybridized carbons (Fsp3) is 0.421. The first kappa shape index (κ1) is 18.9. The maximum Gasteiger partial charge on any atom is 0.287 e. The molecule has 2 aromatic rings. The van der Waals surface area contributed by atoms with E-state index in [0.717, 1.165) is 18.8 Å². The van der Waals surface area contributed by atoms with E-state index in [9.17, 15) is 4.79 Å². The predicted molar refractivity (Wildman–Crippen MR) is 105 cm³/mol. The second kappa shape index (κ2) is 8.70. The summed E-state index contributed by atoms with van der Waals surface area (Å²) in [4.78, 5) is 16.8. The summed E-state index contributed by atoms with van der Waals surface area (Å²) in [6.45, 7) is 3.64. The van der Waals surface area contributed by atoms with Gasteiger partial charge in [-0.2, -0.15) is 0 Å². The number of hydrogen-bond acceptors (Lipinski definition) is 5. The van der Waals surface area contributed by atoms with Crippen LogP contribution in [0.5, 0.6) is 0 Å². The number of halogens is 1. The molecule has 0 spiro atoms. The second-order valence-electron chi connectivity index (χ2n) is 6.46. The minimum atomic E-state index is -0.209. The molecule has 7 heteroatoms. The Bertz CT molecular complexity index is 724. The molecule has 1 atom stereocenters. The summed E-state index contributed by atoms with van der Waals surface area (Å²) in [6.07, 6.45) is 0. The summed E-state index contributed by atoms with van der Waals surface area (Å²) in [5.74, 6) is 0.0967. The van der Waals surface area contributed by atoms with Gasteiger partial charge >= 0.3 is 0 Å². The van der Waals surface area contributed by atoms with Gasteiger partial charge < -0.3 is 19.4 Å². The van der Waals surface area contributed by atoms with Crippen LogP contribution in [0.4, 0.5) is 5.69 Å². The number of benzene rings is 1. The number of ether oxygens (including phenoxy) is 1. The number of amides is 1. The monoisotopic (exact) mass is 421 g/mol. The number of hydrogen-bond donors (Lipinski definition) is 1. The van der Waals surface area contributed by atoms with Crippen LogP contribution in [0.25, 0.3) is 0 Å². The average molecular weight is 422 g/mol. The molecule has 0 radical (unpaired) electrons. The lowest BCUT2D eigenvalue weighted by atomic mass is 10.0. The molecule has 1 aliphatic heterocycles. The molecule has 1 amide bonds. The van der Waals surface area contributed by atoms with E-state index in [2.05, 4.69) is 55.3 Å². The number of anilines is 1. The lowest BCUT2D eigenvalue weighted by Crippen LogP contribution is -2.43. The molecule has 1 N–H and O–H groups in total. The Labute approximate surface area is 162 Å². The largest absolute Gasteiger partial charge is 0.444 e. The van der Waals surface area contributed by atoms with Crippen LogP contribution in [0.3, 0.4) is 0 Å². The van der Waals surface area contributed by atoms with Crippen LogP contribution in [0.1, 0.15) is 22.2 Å². The molecule has 0 aliphatic carbocycles. The van der Waals surface area contributed by atoms with Crippen LogP contribution >= 0.6 is 15.9 Å². The van der Waals surface area contributed by atoms with Crippen molar-refractivity contribution < 1.29 is 13.9 Å². The van der Waals surface area contributed by atoms with Gasteiger partial charge in [-0.15, -0.1) is 0 Å². The summed E-state index contributed by atoms with van der Waals surface area (Å²) >= 11 is 3.23. The molecule has 2 heterocycles. The highest BCUT2D eigenvalue weighted by Crippen LogP contribution is 2.24. The van der Waals surface area contributed by atoms with Gasteiger partial charge in [0, 0.05) is 39.4 Å². The number of nitrogens with one attached hydrogen (secondary N) is 1. The van der Waals surface area contributed by atoms with Gasteiger partial charge in [0.15, 0.2) is 10.4 Å². The van der Waals surface area contributed by atoms with E-state index in [1.54, 1.807) is 12.1 Å². The van der Waals surface area contributed by atoms with Crippen LogP contribution < -0.4 is 10.2 Å². The highest BCUT2D eigenvalue weighted by atomic mass is 79.9. The molecule has 3 rings (SSSR count). The number of nitrogens with zero attached hydrogens (tertiary/aromatic N) is 2. The van der Waals surface area contributed by atoms with Gasteiger partial charge in [-0.05, 0) is 45.8 Å². The van der Waals surface area contributed by atoms with Crippen LogP contribution in [-0.2, 0) is 4.74 Å². The Balaban J connectivity index is 1.73. The third kappa shape index (κ3) is 4.66. The summed E-state index contributed by atoms with van der Waals surface area (Å²) in [5.41, 5.74) is 2.33. The van der Waals surface area contributed by atoms with Crippen LogP contribution in [-0.4, -0.2) is 57.8 Å². The first-order valence-electron chi connectivity index (χ1n) is 8.67. The van der Waals surface area contributed by atoms with Crippen molar-refractivity contribution in [1.29, 1.82) is 0 Å². The molecule has 1 aromatic carbocycles. The zero-order chi connectivity index (χ0) is 18.5. The molecule has 0 saturated carbocycles. The molecule has 1 saturated heterocycles. The maximum absolute atomic E-state index is 12.3. The molecular formula is C19H24BrN3O3. The summed E-state index contributed by atoms with van der Waals surface area (Å²) in [5, 5.41) is 3.00. The Morgan fingerprint density at radius 1 is 1.19 bits per heavy atom. The number of morpholine rings is 1. The number of carbonyl (C=O) groups excluding carboxylic acids is 1. The van der Waals surface area contributed by atoms with Crippen molar-refractivity contribution in [1.82, 2.24) is 10.2 Å². The summed E-state index contributed by atoms with van der Waals surface area (Å²) < 4.78 is 11.4. The molecule has 1 aromatic heterocycles. The van der Waals surface area contributed by atoms with Gasteiger partial charge in [0.2, 0.25) is 0 Å². The zero-order valence-corrected chi connectivity index (χ0v) is 16.7. The van der Waals surface area contributed by atoms with Crippen molar-refractivity contribution in [2.24, 2.45) is 0 Å². The van der Waals surface area contributed by atoms with Gasteiger partial charge in [0.1, 0.15) is 0 Å². The normalized spacial score (nSPS) is 16.3. The molecule has 0 unspecified atom stereocenters. The van der Waals surface area contributed by atoms with Crippen LogP contribution in [0.2, 0.25) is 0 Å². The van der Waals surface area contributed by atoms with E-state index in [-0.39, 0.29) is 11.9 Å². The zero-order valence-electron chi connectivity index (χ0n) is 15.1. The van der Waals surface area contributed by atoms with E-state index in [1.807, 2.05) is 14.1 Å². The van der Waals surface area contributed by atoms with E-state index < -0.39 is 0 Å². The molecular weight excluding hydrogens is 398 g/mol. The first-order valence-corrected chi connectivity index (χ1v) is 9.46. The number of carbonyl (C=O) groups is 1. The average Bonchev–Trinajstić information content (AvgIpc) is 3.09. The minimum absolute atomic E-state index is 0.0949. The van der Waals surface area contributed by atoms with Crippen molar-refractivity contribution in [3.8, 4) is 0 Å².